The van der Waals surface area contributed by atoms with Crippen LogP contribution in [0, 0.1) is 6.92 Å². The zero-order chi connectivity index (χ0) is 18.3. The van der Waals surface area contributed by atoms with Gasteiger partial charge in [0.05, 0.1) is 16.6 Å². The van der Waals surface area contributed by atoms with Crippen molar-refractivity contribution in [2.24, 2.45) is 0 Å². The fourth-order valence-corrected chi connectivity index (χ4v) is 4.96. The number of carbonyl (C=O) groups excluding carboxylic acids is 1. The molecule has 26 heavy (non-hydrogen) atoms. The number of amides is 1. The van der Waals surface area contributed by atoms with E-state index in [1.54, 1.807) is 35.2 Å². The maximum Gasteiger partial charge on any atom is 0.414 e. The lowest BCUT2D eigenvalue weighted by molar-refractivity contribution is 0.178. The molecular formula is C19H20N2O4S. The van der Waals surface area contributed by atoms with E-state index in [1.807, 2.05) is 25.1 Å². The maximum absolute atomic E-state index is 13.1. The molecule has 2 heterocycles. The molecule has 0 bridgehead atoms. The van der Waals surface area contributed by atoms with Crippen molar-refractivity contribution in [3.8, 4) is 0 Å². The number of anilines is 1. The fraction of sp³-hybridized carbons (Fsp3) is 0.316. The Hall–Kier alpha value is -2.38. The van der Waals surface area contributed by atoms with E-state index in [1.165, 1.54) is 4.31 Å². The van der Waals surface area contributed by atoms with Crippen molar-refractivity contribution in [1.82, 2.24) is 4.31 Å². The van der Waals surface area contributed by atoms with E-state index in [0.717, 1.165) is 16.8 Å². The SMILES string of the molecule is Cc1ccc2c(c1)N1C(=O)OC[C@@H]1CCN(S(=O)(=O)c1ccccc1)C2. The van der Waals surface area contributed by atoms with Gasteiger partial charge in [0.2, 0.25) is 10.0 Å². The predicted octanol–water partition coefficient (Wildman–Crippen LogP) is 2.91. The Morgan fingerprint density at radius 2 is 1.88 bits per heavy atom. The lowest BCUT2D eigenvalue weighted by Crippen LogP contribution is -2.42. The van der Waals surface area contributed by atoms with E-state index < -0.39 is 10.0 Å². The second-order valence-electron chi connectivity index (χ2n) is 6.67. The Labute approximate surface area is 153 Å². The van der Waals surface area contributed by atoms with Crippen LogP contribution in [0.15, 0.2) is 53.4 Å². The predicted molar refractivity (Wildman–Crippen MR) is 97.4 cm³/mol. The Balaban J connectivity index is 1.78. The molecule has 0 spiro atoms. The molecule has 1 atom stereocenters. The highest BCUT2D eigenvalue weighted by molar-refractivity contribution is 7.89. The molecule has 0 aliphatic carbocycles. The molecule has 4 rings (SSSR count). The largest absolute Gasteiger partial charge is 0.447 e. The van der Waals surface area contributed by atoms with Crippen molar-refractivity contribution in [3.63, 3.8) is 0 Å². The van der Waals surface area contributed by atoms with Gasteiger partial charge in [0, 0.05) is 13.1 Å². The zero-order valence-corrected chi connectivity index (χ0v) is 15.3. The Morgan fingerprint density at radius 1 is 1.12 bits per heavy atom. The van der Waals surface area contributed by atoms with Crippen LogP contribution in [-0.2, 0) is 21.3 Å². The van der Waals surface area contributed by atoms with Gasteiger partial charge in [-0.15, -0.1) is 0 Å². The lowest BCUT2D eigenvalue weighted by Gasteiger charge is -2.32. The number of fused-ring (bicyclic) bond motifs is 3. The molecule has 1 fully saturated rings. The number of ether oxygens (including phenoxy) is 1. The Bertz CT molecular complexity index is 943. The van der Waals surface area contributed by atoms with E-state index in [9.17, 15) is 13.2 Å². The van der Waals surface area contributed by atoms with Crippen molar-refractivity contribution < 1.29 is 17.9 Å². The molecule has 1 amide bonds. The van der Waals surface area contributed by atoms with Crippen LogP contribution in [0.1, 0.15) is 17.5 Å². The van der Waals surface area contributed by atoms with Crippen molar-refractivity contribution in [2.75, 3.05) is 18.1 Å². The summed E-state index contributed by atoms with van der Waals surface area (Å²) in [6.45, 7) is 2.80. The summed E-state index contributed by atoms with van der Waals surface area (Å²) in [5.41, 5.74) is 2.56. The first-order chi connectivity index (χ1) is 12.5. The van der Waals surface area contributed by atoms with Gasteiger partial charge in [-0.1, -0.05) is 30.3 Å². The van der Waals surface area contributed by atoms with Crippen LogP contribution >= 0.6 is 0 Å². The summed E-state index contributed by atoms with van der Waals surface area (Å²) in [7, 11) is -3.61. The summed E-state index contributed by atoms with van der Waals surface area (Å²) in [5, 5.41) is 0. The second-order valence-corrected chi connectivity index (χ2v) is 8.61. The fourth-order valence-electron chi connectivity index (χ4n) is 3.51. The number of nitrogens with zero attached hydrogens (tertiary/aromatic N) is 2. The van der Waals surface area contributed by atoms with Crippen LogP contribution in [0.4, 0.5) is 10.5 Å². The molecule has 7 heteroatoms. The third kappa shape index (κ3) is 2.87. The van der Waals surface area contributed by atoms with Gasteiger partial charge in [0.1, 0.15) is 6.61 Å². The van der Waals surface area contributed by atoms with Crippen LogP contribution in [0.2, 0.25) is 0 Å². The monoisotopic (exact) mass is 372 g/mol. The first-order valence-electron chi connectivity index (χ1n) is 8.57. The first kappa shape index (κ1) is 17.1. The molecule has 0 N–H and O–H groups in total. The number of hydrogen-bond acceptors (Lipinski definition) is 4. The maximum atomic E-state index is 13.1. The summed E-state index contributed by atoms with van der Waals surface area (Å²) in [6, 6.07) is 14.1. The third-order valence-corrected chi connectivity index (χ3v) is 6.76. The van der Waals surface area contributed by atoms with Gasteiger partial charge < -0.3 is 4.74 Å². The lowest BCUT2D eigenvalue weighted by atomic mass is 10.0. The highest BCUT2D eigenvalue weighted by atomic mass is 32.2. The summed E-state index contributed by atoms with van der Waals surface area (Å²) in [5.74, 6) is 0. The molecular weight excluding hydrogens is 352 g/mol. The van der Waals surface area contributed by atoms with Gasteiger partial charge in [0.25, 0.3) is 0 Å². The smallest absolute Gasteiger partial charge is 0.414 e. The summed E-state index contributed by atoms with van der Waals surface area (Å²) >= 11 is 0. The van der Waals surface area contributed by atoms with E-state index in [4.69, 9.17) is 4.74 Å². The molecule has 6 nitrogen and oxygen atoms in total. The normalized spacial score (nSPS) is 20.7. The quantitative estimate of drug-likeness (QED) is 0.813. The van der Waals surface area contributed by atoms with E-state index >= 15 is 0 Å². The average molecular weight is 372 g/mol. The minimum atomic E-state index is -3.61. The summed E-state index contributed by atoms with van der Waals surface area (Å²) in [6.07, 6.45) is 0.173. The highest BCUT2D eigenvalue weighted by Crippen LogP contribution is 2.33. The van der Waals surface area contributed by atoms with Gasteiger partial charge >= 0.3 is 6.09 Å². The van der Waals surface area contributed by atoms with E-state index in [0.29, 0.717) is 13.0 Å². The minimum absolute atomic E-state index is 0.156. The molecule has 0 saturated carbocycles. The number of benzene rings is 2. The van der Waals surface area contributed by atoms with Crippen molar-refractivity contribution in [3.05, 3.63) is 59.7 Å². The standard InChI is InChI=1S/C19H20N2O4S/c1-14-7-8-15-12-20(26(23,24)17-5-3-2-4-6-17)10-9-16-13-25-19(22)21(16)18(15)11-14/h2-8,11,16H,9-10,12-13H2,1H3/t16-/m0/s1. The molecule has 0 aromatic heterocycles. The Kier molecular flexibility index (Phi) is 4.20. The van der Waals surface area contributed by atoms with E-state index in [-0.39, 0.29) is 30.2 Å². The number of aryl methyl sites for hydroxylation is 1. The third-order valence-electron chi connectivity index (χ3n) is 4.90. The molecule has 1 saturated heterocycles. The molecule has 2 aliphatic heterocycles. The highest BCUT2D eigenvalue weighted by Gasteiger charge is 2.39. The molecule has 2 aromatic rings. The average Bonchev–Trinajstić information content (AvgIpc) is 2.98. The number of cyclic esters (lactones) is 1. The van der Waals surface area contributed by atoms with Crippen LogP contribution in [0.5, 0.6) is 0 Å². The van der Waals surface area contributed by atoms with Gasteiger partial charge in [-0.2, -0.15) is 4.31 Å². The number of carbonyl (C=O) groups is 1. The minimum Gasteiger partial charge on any atom is -0.447 e. The summed E-state index contributed by atoms with van der Waals surface area (Å²) < 4.78 is 32.9. The second kappa shape index (κ2) is 6.41. The van der Waals surface area contributed by atoms with E-state index in [2.05, 4.69) is 0 Å². The van der Waals surface area contributed by atoms with Gasteiger partial charge in [-0.05, 0) is 42.7 Å². The molecule has 0 unspecified atom stereocenters. The number of sulfonamides is 1. The van der Waals surface area contributed by atoms with Crippen LogP contribution in [-0.4, -0.2) is 38.0 Å². The topological polar surface area (TPSA) is 66.9 Å². The zero-order valence-electron chi connectivity index (χ0n) is 14.5. The van der Waals surface area contributed by atoms with Crippen molar-refractivity contribution in [2.45, 2.75) is 30.8 Å². The summed E-state index contributed by atoms with van der Waals surface area (Å²) in [4.78, 5) is 14.2. The molecule has 0 radical (unpaired) electrons. The molecule has 136 valence electrons. The van der Waals surface area contributed by atoms with Crippen molar-refractivity contribution in [1.29, 1.82) is 0 Å². The van der Waals surface area contributed by atoms with Crippen LogP contribution < -0.4 is 4.90 Å². The van der Waals surface area contributed by atoms with Gasteiger partial charge in [0.15, 0.2) is 0 Å². The van der Waals surface area contributed by atoms with Crippen molar-refractivity contribution >= 4 is 21.8 Å². The van der Waals surface area contributed by atoms with Gasteiger partial charge in [-0.3, -0.25) is 4.90 Å². The van der Waals surface area contributed by atoms with Gasteiger partial charge in [-0.25, -0.2) is 13.2 Å². The Morgan fingerprint density at radius 3 is 2.65 bits per heavy atom. The number of hydrogen-bond donors (Lipinski definition) is 0. The molecule has 2 aromatic carbocycles. The molecule has 2 aliphatic rings. The number of rotatable bonds is 2. The first-order valence-corrected chi connectivity index (χ1v) is 10.0. The van der Waals surface area contributed by atoms with Crippen LogP contribution in [0.3, 0.4) is 0 Å². The van der Waals surface area contributed by atoms with Crippen LogP contribution in [0.25, 0.3) is 0 Å².